The maximum atomic E-state index is 11.4. The molecule has 2 aromatic carbocycles. The molecule has 1 saturated heterocycles. The first-order valence-electron chi connectivity index (χ1n) is 10.6. The SMILES string of the molecule is CS(=O)(=O)Nc1cc([C@@H](O)CNC2CCN(c3ccc(/C=C/C(=O)O)cc3)CC2)ccc1O. The van der Waals surface area contributed by atoms with Gasteiger partial charge in [0.25, 0.3) is 0 Å². The summed E-state index contributed by atoms with van der Waals surface area (Å²) in [5, 5.41) is 32.4. The predicted octanol–water partition coefficient (Wildman–Crippen LogP) is 2.15. The molecule has 1 heterocycles. The molecule has 9 nitrogen and oxygen atoms in total. The van der Waals surface area contributed by atoms with Crippen LogP contribution in [0.1, 0.15) is 30.1 Å². The van der Waals surface area contributed by atoms with Crippen LogP contribution in [0.5, 0.6) is 5.75 Å². The quantitative estimate of drug-likeness (QED) is 0.275. The number of aliphatic hydroxyl groups excluding tert-OH is 1. The van der Waals surface area contributed by atoms with Crippen molar-refractivity contribution in [2.24, 2.45) is 0 Å². The fourth-order valence-corrected chi connectivity index (χ4v) is 4.31. The van der Waals surface area contributed by atoms with E-state index in [1.807, 2.05) is 24.3 Å². The van der Waals surface area contributed by atoms with Crippen LogP contribution in [0.15, 0.2) is 48.5 Å². The molecule has 10 heteroatoms. The molecular weight excluding hydrogens is 446 g/mol. The summed E-state index contributed by atoms with van der Waals surface area (Å²) < 4.78 is 25.1. The first kappa shape index (κ1) is 24.6. The number of phenolic OH excluding ortho intramolecular Hbond substituents is 1. The number of carboxylic acids is 1. The molecule has 0 unspecified atom stereocenters. The number of sulfonamides is 1. The zero-order valence-corrected chi connectivity index (χ0v) is 19.1. The Hall–Kier alpha value is -3.08. The molecule has 1 aliphatic heterocycles. The second-order valence-electron chi connectivity index (χ2n) is 8.10. The van der Waals surface area contributed by atoms with Gasteiger partial charge in [-0.3, -0.25) is 4.72 Å². The number of nitrogens with zero attached hydrogens (tertiary/aromatic N) is 1. The number of aliphatic hydroxyl groups is 1. The van der Waals surface area contributed by atoms with E-state index in [1.165, 1.54) is 12.1 Å². The molecule has 0 aromatic heterocycles. The average molecular weight is 476 g/mol. The van der Waals surface area contributed by atoms with Crippen molar-refractivity contribution in [3.05, 3.63) is 59.7 Å². The molecule has 1 fully saturated rings. The number of anilines is 2. The van der Waals surface area contributed by atoms with Crippen molar-refractivity contribution >= 4 is 33.4 Å². The Balaban J connectivity index is 1.49. The highest BCUT2D eigenvalue weighted by molar-refractivity contribution is 7.92. The van der Waals surface area contributed by atoms with E-state index in [1.54, 1.807) is 12.1 Å². The first-order chi connectivity index (χ1) is 15.6. The van der Waals surface area contributed by atoms with Crippen LogP contribution >= 0.6 is 0 Å². The lowest BCUT2D eigenvalue weighted by Gasteiger charge is -2.34. The Bertz CT molecular complexity index is 1090. The van der Waals surface area contributed by atoms with Crippen LogP contribution in [0.4, 0.5) is 11.4 Å². The highest BCUT2D eigenvalue weighted by atomic mass is 32.2. The molecular formula is C23H29N3O6S. The summed E-state index contributed by atoms with van der Waals surface area (Å²) in [6, 6.07) is 12.3. The lowest BCUT2D eigenvalue weighted by Crippen LogP contribution is -2.43. The average Bonchev–Trinajstić information content (AvgIpc) is 2.77. The Kier molecular flexibility index (Phi) is 7.96. The highest BCUT2D eigenvalue weighted by Gasteiger charge is 2.20. The number of hydrogen-bond acceptors (Lipinski definition) is 7. The molecule has 0 aliphatic carbocycles. The maximum absolute atomic E-state index is 11.4. The second-order valence-corrected chi connectivity index (χ2v) is 9.85. The van der Waals surface area contributed by atoms with E-state index in [9.17, 15) is 23.4 Å². The van der Waals surface area contributed by atoms with Crippen molar-refractivity contribution in [1.29, 1.82) is 0 Å². The van der Waals surface area contributed by atoms with Crippen LogP contribution < -0.4 is 14.9 Å². The molecule has 1 atom stereocenters. The number of carboxylic acid groups (broad SMARTS) is 1. The molecule has 178 valence electrons. The van der Waals surface area contributed by atoms with E-state index in [-0.39, 0.29) is 17.5 Å². The van der Waals surface area contributed by atoms with Crippen molar-refractivity contribution in [2.45, 2.75) is 25.0 Å². The Labute approximate surface area is 193 Å². The van der Waals surface area contributed by atoms with Gasteiger partial charge in [0.2, 0.25) is 10.0 Å². The van der Waals surface area contributed by atoms with Crippen LogP contribution in [0.2, 0.25) is 0 Å². The van der Waals surface area contributed by atoms with Gasteiger partial charge in [0.1, 0.15) is 5.75 Å². The third-order valence-electron chi connectivity index (χ3n) is 5.47. The normalized spacial score (nSPS) is 16.1. The molecule has 2 aromatic rings. The van der Waals surface area contributed by atoms with Crippen LogP contribution in [0.25, 0.3) is 6.08 Å². The predicted molar refractivity (Wildman–Crippen MR) is 128 cm³/mol. The number of nitrogens with one attached hydrogen (secondary N) is 2. The van der Waals surface area contributed by atoms with Gasteiger partial charge in [0.15, 0.2) is 0 Å². The number of phenols is 1. The van der Waals surface area contributed by atoms with Crippen molar-refractivity contribution in [3.8, 4) is 5.75 Å². The number of aromatic hydroxyl groups is 1. The molecule has 5 N–H and O–H groups in total. The Morgan fingerprint density at radius 1 is 1.18 bits per heavy atom. The minimum atomic E-state index is -3.55. The van der Waals surface area contributed by atoms with Crippen LogP contribution in [0.3, 0.4) is 0 Å². The van der Waals surface area contributed by atoms with Crippen LogP contribution in [-0.4, -0.2) is 61.6 Å². The van der Waals surface area contributed by atoms with E-state index in [4.69, 9.17) is 5.11 Å². The number of piperidine rings is 1. The topological polar surface area (TPSA) is 139 Å². The number of rotatable bonds is 9. The largest absolute Gasteiger partial charge is 0.506 e. The van der Waals surface area contributed by atoms with E-state index in [0.29, 0.717) is 12.1 Å². The summed E-state index contributed by atoms with van der Waals surface area (Å²) in [6.45, 7) is 2.00. The van der Waals surface area contributed by atoms with Gasteiger partial charge in [-0.2, -0.15) is 0 Å². The van der Waals surface area contributed by atoms with E-state index in [2.05, 4.69) is 14.9 Å². The van der Waals surface area contributed by atoms with Crippen LogP contribution in [-0.2, 0) is 14.8 Å². The summed E-state index contributed by atoms with van der Waals surface area (Å²) >= 11 is 0. The molecule has 0 spiro atoms. The van der Waals surface area contributed by atoms with E-state index in [0.717, 1.165) is 49.5 Å². The molecule has 3 rings (SSSR count). The lowest BCUT2D eigenvalue weighted by molar-refractivity contribution is -0.131. The third-order valence-corrected chi connectivity index (χ3v) is 6.06. The summed E-state index contributed by atoms with van der Waals surface area (Å²) in [5.41, 5.74) is 2.44. The van der Waals surface area contributed by atoms with Gasteiger partial charge in [0.05, 0.1) is 18.0 Å². The highest BCUT2D eigenvalue weighted by Crippen LogP contribution is 2.28. The standard InChI is InChI=1S/C23H29N3O6S/c1-33(31,32)25-20-14-17(5-8-21(20)27)22(28)15-24-18-10-12-26(13-11-18)19-6-2-16(3-7-19)4-9-23(29)30/h2-9,14,18,22,24-25,27-28H,10-13,15H2,1H3,(H,29,30)/b9-4+/t22-/m0/s1. The Morgan fingerprint density at radius 2 is 1.85 bits per heavy atom. The summed E-state index contributed by atoms with van der Waals surface area (Å²) in [5.74, 6) is -1.18. The molecule has 0 radical (unpaired) electrons. The maximum Gasteiger partial charge on any atom is 0.328 e. The zero-order chi connectivity index (χ0) is 24.0. The first-order valence-corrected chi connectivity index (χ1v) is 12.5. The number of hydrogen-bond donors (Lipinski definition) is 5. The van der Waals surface area contributed by atoms with Gasteiger partial charge in [0, 0.05) is 37.4 Å². The molecule has 0 amide bonds. The minimum Gasteiger partial charge on any atom is -0.506 e. The second kappa shape index (κ2) is 10.7. The van der Waals surface area contributed by atoms with Crippen molar-refractivity contribution in [3.63, 3.8) is 0 Å². The van der Waals surface area contributed by atoms with Crippen molar-refractivity contribution in [2.75, 3.05) is 35.5 Å². The summed E-state index contributed by atoms with van der Waals surface area (Å²) in [4.78, 5) is 12.9. The summed E-state index contributed by atoms with van der Waals surface area (Å²) in [7, 11) is -3.55. The van der Waals surface area contributed by atoms with E-state index >= 15 is 0 Å². The van der Waals surface area contributed by atoms with Gasteiger partial charge >= 0.3 is 5.97 Å². The number of benzene rings is 2. The fraction of sp³-hybridized carbons (Fsp3) is 0.348. The molecule has 0 saturated carbocycles. The fourth-order valence-electron chi connectivity index (χ4n) is 3.74. The van der Waals surface area contributed by atoms with E-state index < -0.39 is 22.1 Å². The minimum absolute atomic E-state index is 0.0341. The monoisotopic (exact) mass is 475 g/mol. The van der Waals surface area contributed by atoms with Crippen molar-refractivity contribution < 1.29 is 28.5 Å². The molecule has 0 bridgehead atoms. The summed E-state index contributed by atoms with van der Waals surface area (Å²) in [6.07, 6.45) is 4.60. The number of aliphatic carboxylic acids is 1. The van der Waals surface area contributed by atoms with Gasteiger partial charge in [-0.1, -0.05) is 18.2 Å². The molecule has 33 heavy (non-hydrogen) atoms. The van der Waals surface area contributed by atoms with Gasteiger partial charge in [-0.15, -0.1) is 0 Å². The van der Waals surface area contributed by atoms with Gasteiger partial charge in [-0.25, -0.2) is 13.2 Å². The van der Waals surface area contributed by atoms with Crippen molar-refractivity contribution in [1.82, 2.24) is 5.32 Å². The van der Waals surface area contributed by atoms with Gasteiger partial charge in [-0.05, 0) is 54.3 Å². The number of carbonyl (C=O) groups is 1. The lowest BCUT2D eigenvalue weighted by atomic mass is 10.0. The Morgan fingerprint density at radius 3 is 2.45 bits per heavy atom. The smallest absolute Gasteiger partial charge is 0.328 e. The van der Waals surface area contributed by atoms with Crippen LogP contribution in [0, 0.1) is 0 Å². The third kappa shape index (κ3) is 7.48. The zero-order valence-electron chi connectivity index (χ0n) is 18.3. The molecule has 1 aliphatic rings. The van der Waals surface area contributed by atoms with Gasteiger partial charge < -0.3 is 25.5 Å².